The van der Waals surface area contributed by atoms with E-state index in [1.807, 2.05) is 35.6 Å². The smallest absolute Gasteiger partial charge is 0.138 e. The van der Waals surface area contributed by atoms with E-state index in [1.165, 1.54) is 40.7 Å². The predicted octanol–water partition coefficient (Wildman–Crippen LogP) is 6.47. The zero-order chi connectivity index (χ0) is 20.3. The Labute approximate surface area is 186 Å². The molecule has 0 saturated carbocycles. The van der Waals surface area contributed by atoms with Gasteiger partial charge in [-0.2, -0.15) is 0 Å². The van der Waals surface area contributed by atoms with E-state index in [1.54, 1.807) is 0 Å². The van der Waals surface area contributed by atoms with Crippen LogP contribution in [-0.2, 0) is 25.7 Å². The minimum atomic E-state index is 0.749. The Kier molecular flexibility index (Phi) is 5.69. The fourth-order valence-corrected chi connectivity index (χ4v) is 5.71. The third kappa shape index (κ3) is 4.07. The molecule has 1 aliphatic rings. The Morgan fingerprint density at radius 1 is 0.933 bits per heavy atom. The zero-order valence-electron chi connectivity index (χ0n) is 16.8. The van der Waals surface area contributed by atoms with E-state index in [4.69, 9.17) is 21.6 Å². The summed E-state index contributed by atoms with van der Waals surface area (Å²) in [6.45, 7) is 0.797. The molecule has 30 heavy (non-hydrogen) atoms. The van der Waals surface area contributed by atoms with Crippen LogP contribution in [0.5, 0.6) is 0 Å². The van der Waals surface area contributed by atoms with Gasteiger partial charge in [-0.25, -0.2) is 9.97 Å². The van der Waals surface area contributed by atoms with Crippen LogP contribution in [0, 0.1) is 0 Å². The number of nitrogens with zero attached hydrogens (tertiary/aromatic N) is 2. The second-order valence-electron chi connectivity index (χ2n) is 7.81. The summed E-state index contributed by atoms with van der Waals surface area (Å²) < 4.78 is 0. The standard InChI is InChI=1S/C25H24ClN3S/c26-20-12-6-4-10-18(20)14-15-27-24-23-19-11-5-7-13-21(19)30-25(23)29-22(28-24)16-17-8-2-1-3-9-17/h1-4,6,8-10,12H,5,7,11,13-16H2,(H,27,28,29). The number of aryl methyl sites for hydroxylation is 2. The van der Waals surface area contributed by atoms with Crippen molar-refractivity contribution in [1.82, 2.24) is 9.97 Å². The van der Waals surface area contributed by atoms with Gasteiger partial charge < -0.3 is 5.32 Å². The van der Waals surface area contributed by atoms with E-state index < -0.39 is 0 Å². The summed E-state index contributed by atoms with van der Waals surface area (Å²) in [5.74, 6) is 1.87. The van der Waals surface area contributed by atoms with E-state index in [0.29, 0.717) is 0 Å². The molecule has 0 unspecified atom stereocenters. The maximum atomic E-state index is 6.34. The third-order valence-corrected chi connectivity index (χ3v) is 7.27. The lowest BCUT2D eigenvalue weighted by Gasteiger charge is -2.14. The Bertz CT molecular complexity index is 1170. The molecule has 5 rings (SSSR count). The molecule has 0 saturated heterocycles. The van der Waals surface area contributed by atoms with Gasteiger partial charge in [-0.3, -0.25) is 0 Å². The van der Waals surface area contributed by atoms with Crippen molar-refractivity contribution in [3.05, 3.63) is 87.0 Å². The van der Waals surface area contributed by atoms with Crippen molar-refractivity contribution >= 4 is 39.0 Å². The van der Waals surface area contributed by atoms with Crippen molar-refractivity contribution in [1.29, 1.82) is 0 Å². The second-order valence-corrected chi connectivity index (χ2v) is 9.30. The van der Waals surface area contributed by atoms with Crippen LogP contribution >= 0.6 is 22.9 Å². The topological polar surface area (TPSA) is 37.8 Å². The molecule has 1 N–H and O–H groups in total. The number of hydrogen-bond acceptors (Lipinski definition) is 4. The number of aromatic nitrogens is 2. The molecule has 2 aromatic heterocycles. The number of thiophene rings is 1. The highest BCUT2D eigenvalue weighted by Gasteiger charge is 2.21. The maximum absolute atomic E-state index is 6.34. The molecule has 0 spiro atoms. The fraction of sp³-hybridized carbons (Fsp3) is 0.280. The van der Waals surface area contributed by atoms with Gasteiger partial charge in [-0.05, 0) is 54.9 Å². The molecule has 0 atom stereocenters. The molecular weight excluding hydrogens is 410 g/mol. The molecule has 0 amide bonds. The molecule has 0 aliphatic heterocycles. The van der Waals surface area contributed by atoms with Crippen molar-refractivity contribution in [2.75, 3.05) is 11.9 Å². The van der Waals surface area contributed by atoms with Crippen LogP contribution in [0.4, 0.5) is 5.82 Å². The van der Waals surface area contributed by atoms with Gasteiger partial charge in [0.15, 0.2) is 0 Å². The Balaban J connectivity index is 1.47. The van der Waals surface area contributed by atoms with Gasteiger partial charge in [-0.1, -0.05) is 60.1 Å². The van der Waals surface area contributed by atoms with Gasteiger partial charge in [-0.15, -0.1) is 11.3 Å². The molecule has 3 nitrogen and oxygen atoms in total. The summed E-state index contributed by atoms with van der Waals surface area (Å²) in [6, 6.07) is 18.5. The van der Waals surface area contributed by atoms with Crippen molar-refractivity contribution in [2.24, 2.45) is 0 Å². The first-order valence-electron chi connectivity index (χ1n) is 10.6. The van der Waals surface area contributed by atoms with Gasteiger partial charge in [0.2, 0.25) is 0 Å². The maximum Gasteiger partial charge on any atom is 0.138 e. The molecule has 0 bridgehead atoms. The van der Waals surface area contributed by atoms with Crippen LogP contribution in [0.2, 0.25) is 5.02 Å². The molecule has 2 heterocycles. The largest absolute Gasteiger partial charge is 0.369 e. The summed E-state index contributed by atoms with van der Waals surface area (Å²) in [6.07, 6.45) is 6.45. The average molecular weight is 434 g/mol. The highest BCUT2D eigenvalue weighted by molar-refractivity contribution is 7.19. The van der Waals surface area contributed by atoms with Crippen molar-refractivity contribution in [2.45, 2.75) is 38.5 Å². The van der Waals surface area contributed by atoms with Gasteiger partial charge in [0.25, 0.3) is 0 Å². The van der Waals surface area contributed by atoms with E-state index in [2.05, 4.69) is 35.6 Å². The van der Waals surface area contributed by atoms with E-state index in [-0.39, 0.29) is 0 Å². The first kappa shape index (κ1) is 19.5. The lowest BCUT2D eigenvalue weighted by molar-refractivity contribution is 0.700. The summed E-state index contributed by atoms with van der Waals surface area (Å²) in [7, 11) is 0. The molecule has 4 aromatic rings. The highest BCUT2D eigenvalue weighted by atomic mass is 35.5. The number of halogens is 1. The predicted molar refractivity (Wildman–Crippen MR) is 127 cm³/mol. The van der Waals surface area contributed by atoms with Crippen molar-refractivity contribution in [3.8, 4) is 0 Å². The van der Waals surface area contributed by atoms with Crippen LogP contribution in [-0.4, -0.2) is 16.5 Å². The van der Waals surface area contributed by atoms with Gasteiger partial charge in [0, 0.05) is 22.9 Å². The first-order valence-corrected chi connectivity index (χ1v) is 11.8. The Morgan fingerprint density at radius 3 is 2.60 bits per heavy atom. The number of nitrogens with one attached hydrogen (secondary N) is 1. The quantitative estimate of drug-likeness (QED) is 0.378. The second kappa shape index (κ2) is 8.75. The van der Waals surface area contributed by atoms with Crippen molar-refractivity contribution in [3.63, 3.8) is 0 Å². The number of anilines is 1. The molecule has 5 heteroatoms. The Hall–Kier alpha value is -2.43. The van der Waals surface area contributed by atoms with E-state index in [9.17, 15) is 0 Å². The minimum absolute atomic E-state index is 0.749. The van der Waals surface area contributed by atoms with Crippen LogP contribution in [0.1, 0.15) is 40.2 Å². The van der Waals surface area contributed by atoms with Crippen LogP contribution < -0.4 is 5.32 Å². The van der Waals surface area contributed by atoms with Crippen LogP contribution in [0.15, 0.2) is 54.6 Å². The molecule has 0 radical (unpaired) electrons. The fourth-order valence-electron chi connectivity index (χ4n) is 4.20. The van der Waals surface area contributed by atoms with E-state index >= 15 is 0 Å². The number of fused-ring (bicyclic) bond motifs is 3. The number of benzene rings is 2. The summed E-state index contributed by atoms with van der Waals surface area (Å²) in [4.78, 5) is 12.6. The number of hydrogen-bond donors (Lipinski definition) is 1. The van der Waals surface area contributed by atoms with E-state index in [0.717, 1.165) is 52.9 Å². The average Bonchev–Trinajstić information content (AvgIpc) is 3.14. The van der Waals surface area contributed by atoms with Gasteiger partial charge >= 0.3 is 0 Å². The summed E-state index contributed by atoms with van der Waals surface area (Å²) >= 11 is 8.20. The Morgan fingerprint density at radius 2 is 1.73 bits per heavy atom. The summed E-state index contributed by atoms with van der Waals surface area (Å²) in [5, 5.41) is 5.69. The lowest BCUT2D eigenvalue weighted by Crippen LogP contribution is -2.10. The summed E-state index contributed by atoms with van der Waals surface area (Å²) in [5.41, 5.74) is 3.86. The number of rotatable bonds is 6. The molecular formula is C25H24ClN3S. The first-order chi connectivity index (χ1) is 14.8. The molecule has 1 aliphatic carbocycles. The van der Waals surface area contributed by atoms with Crippen LogP contribution in [0.3, 0.4) is 0 Å². The van der Waals surface area contributed by atoms with Crippen molar-refractivity contribution < 1.29 is 0 Å². The highest BCUT2D eigenvalue weighted by Crippen LogP contribution is 2.38. The molecule has 0 fully saturated rings. The third-order valence-electron chi connectivity index (χ3n) is 5.71. The normalized spacial score (nSPS) is 13.4. The SMILES string of the molecule is Clc1ccccc1CCNc1nc(Cc2ccccc2)nc2sc3c(c12)CCCC3. The molecule has 2 aromatic carbocycles. The molecule has 152 valence electrons. The lowest BCUT2D eigenvalue weighted by atomic mass is 9.97. The monoisotopic (exact) mass is 433 g/mol. The minimum Gasteiger partial charge on any atom is -0.369 e. The van der Waals surface area contributed by atoms with Crippen LogP contribution in [0.25, 0.3) is 10.2 Å². The van der Waals surface area contributed by atoms with Gasteiger partial charge in [0.05, 0.1) is 5.39 Å². The van der Waals surface area contributed by atoms with Gasteiger partial charge in [0.1, 0.15) is 16.5 Å². The zero-order valence-corrected chi connectivity index (χ0v) is 18.4.